The van der Waals surface area contributed by atoms with Gasteiger partial charge in [-0.15, -0.1) is 0 Å². The Morgan fingerprint density at radius 2 is 1.67 bits per heavy atom. The summed E-state index contributed by atoms with van der Waals surface area (Å²) in [4.78, 5) is 12.7. The summed E-state index contributed by atoms with van der Waals surface area (Å²) in [7, 11) is 0. The van der Waals surface area contributed by atoms with Gasteiger partial charge in [-0.1, -0.05) is 38.7 Å². The molecule has 3 rings (SSSR count). The molecule has 2 heterocycles. The van der Waals surface area contributed by atoms with Crippen molar-refractivity contribution in [2.24, 2.45) is 5.73 Å². The van der Waals surface area contributed by atoms with E-state index in [1.54, 1.807) is 0 Å². The second-order valence-corrected chi connectivity index (χ2v) is 8.02. The van der Waals surface area contributed by atoms with Crippen molar-refractivity contribution in [2.75, 3.05) is 46.1 Å². The second-order valence-electron chi connectivity index (χ2n) is 8.02. The molecule has 0 aliphatic carbocycles. The van der Waals surface area contributed by atoms with Crippen LogP contribution in [-0.2, 0) is 16.0 Å². The zero-order chi connectivity index (χ0) is 21.4. The quantitative estimate of drug-likeness (QED) is 0.549. The third-order valence-electron chi connectivity index (χ3n) is 5.43. The summed E-state index contributed by atoms with van der Waals surface area (Å²) in [5, 5.41) is 0. The number of amides is 1. The topological polar surface area (TPSA) is 74.0 Å². The number of benzene rings is 1. The molecule has 0 radical (unpaired) electrons. The number of carbonyl (C=O) groups is 1. The van der Waals surface area contributed by atoms with Crippen LogP contribution in [0.25, 0.3) is 0 Å². The molecule has 6 nitrogen and oxygen atoms in total. The molecule has 170 valence electrons. The molecule has 0 unspecified atom stereocenters. The van der Waals surface area contributed by atoms with Gasteiger partial charge in [0.25, 0.3) is 0 Å². The Bertz CT molecular complexity index is 603. The summed E-state index contributed by atoms with van der Waals surface area (Å²) in [5.41, 5.74) is 6.31. The molecule has 0 aromatic heterocycles. The largest absolute Gasteiger partial charge is 0.486 e. The van der Waals surface area contributed by atoms with Crippen molar-refractivity contribution in [3.8, 4) is 11.5 Å². The van der Waals surface area contributed by atoms with E-state index in [9.17, 15) is 4.79 Å². The predicted octanol–water partition coefficient (Wildman–Crippen LogP) is 3.94. The number of ether oxygens (including phenoxy) is 3. The van der Waals surface area contributed by atoms with Gasteiger partial charge in [0.1, 0.15) is 13.2 Å². The van der Waals surface area contributed by atoms with E-state index in [1.165, 1.54) is 44.2 Å². The minimum absolute atomic E-state index is 0.170. The van der Waals surface area contributed by atoms with E-state index < -0.39 is 0 Å². The highest BCUT2D eigenvalue weighted by Crippen LogP contribution is 2.31. The number of aryl methyl sites for hydroxylation is 1. The van der Waals surface area contributed by atoms with E-state index in [0.717, 1.165) is 57.1 Å². The molecule has 1 aromatic rings. The molecule has 2 N–H and O–H groups in total. The summed E-state index contributed by atoms with van der Waals surface area (Å²) < 4.78 is 16.5. The lowest BCUT2D eigenvalue weighted by atomic mass is 10.1. The minimum atomic E-state index is -0.170. The van der Waals surface area contributed by atoms with Gasteiger partial charge in [-0.25, -0.2) is 0 Å². The van der Waals surface area contributed by atoms with E-state index in [-0.39, 0.29) is 5.91 Å². The fraction of sp³-hybridized carbons (Fsp3) is 0.708. The number of fused-ring (bicyclic) bond motifs is 1. The van der Waals surface area contributed by atoms with Gasteiger partial charge in [-0.05, 0) is 49.9 Å². The maximum atomic E-state index is 10.3. The van der Waals surface area contributed by atoms with E-state index >= 15 is 0 Å². The van der Waals surface area contributed by atoms with Crippen LogP contribution in [-0.4, -0.2) is 56.9 Å². The van der Waals surface area contributed by atoms with Crippen molar-refractivity contribution < 1.29 is 19.0 Å². The van der Waals surface area contributed by atoms with Crippen molar-refractivity contribution in [3.05, 3.63) is 23.8 Å². The monoisotopic (exact) mass is 420 g/mol. The summed E-state index contributed by atoms with van der Waals surface area (Å²) in [5.74, 6) is 1.62. The minimum Gasteiger partial charge on any atom is -0.486 e. The predicted molar refractivity (Wildman–Crippen MR) is 120 cm³/mol. The summed E-state index contributed by atoms with van der Waals surface area (Å²) >= 11 is 0. The van der Waals surface area contributed by atoms with Gasteiger partial charge >= 0.3 is 0 Å². The van der Waals surface area contributed by atoms with Crippen molar-refractivity contribution in [2.45, 2.75) is 64.7 Å². The number of carbonyl (C=O) groups excluding carboxylic acids is 1. The average molecular weight is 421 g/mol. The fourth-order valence-electron chi connectivity index (χ4n) is 3.64. The molecule has 1 amide bonds. The first kappa shape index (κ1) is 24.5. The van der Waals surface area contributed by atoms with Crippen LogP contribution >= 0.6 is 0 Å². The maximum absolute atomic E-state index is 10.3. The van der Waals surface area contributed by atoms with E-state index in [2.05, 4.69) is 24.0 Å². The molecule has 2 aliphatic rings. The molecule has 0 spiro atoms. The number of rotatable bonds is 11. The van der Waals surface area contributed by atoms with Crippen molar-refractivity contribution in [1.82, 2.24) is 4.90 Å². The van der Waals surface area contributed by atoms with Crippen LogP contribution in [0.1, 0.15) is 63.9 Å². The zero-order valence-corrected chi connectivity index (χ0v) is 18.7. The smallest absolute Gasteiger partial charge is 0.217 e. The van der Waals surface area contributed by atoms with Gasteiger partial charge in [0, 0.05) is 19.5 Å². The van der Waals surface area contributed by atoms with Gasteiger partial charge in [-0.2, -0.15) is 0 Å². The number of unbranched alkanes of at least 4 members (excludes halogenated alkanes) is 5. The van der Waals surface area contributed by atoms with E-state index in [1.807, 2.05) is 6.07 Å². The first-order valence-corrected chi connectivity index (χ1v) is 11.7. The molecule has 30 heavy (non-hydrogen) atoms. The van der Waals surface area contributed by atoms with Gasteiger partial charge in [-0.3, -0.25) is 9.69 Å². The lowest BCUT2D eigenvalue weighted by molar-refractivity contribution is -0.118. The lowest BCUT2D eigenvalue weighted by Gasteiger charge is -2.26. The standard InChI is InChI=1S/C16H23NO3.C8H17NO/c1(2-6-17-7-9-18-10-8-17)3-14-4-5-15-16(13-14)20-12-11-19-15;1-2-3-4-5-6-7-8(9)10/h4-5,13H,1-3,6-12H2;2-7H2,1H3,(H2,9,10). The summed E-state index contributed by atoms with van der Waals surface area (Å²) in [6, 6.07) is 6.32. The van der Waals surface area contributed by atoms with Crippen molar-refractivity contribution in [3.63, 3.8) is 0 Å². The summed E-state index contributed by atoms with van der Waals surface area (Å²) in [6.45, 7) is 8.64. The molecule has 0 atom stereocenters. The normalized spacial score (nSPS) is 15.9. The van der Waals surface area contributed by atoms with Crippen molar-refractivity contribution in [1.29, 1.82) is 0 Å². The van der Waals surface area contributed by atoms with Gasteiger partial charge < -0.3 is 19.9 Å². The van der Waals surface area contributed by atoms with E-state index in [4.69, 9.17) is 19.9 Å². The molecule has 2 aliphatic heterocycles. The first-order chi connectivity index (χ1) is 14.7. The van der Waals surface area contributed by atoms with Crippen LogP contribution < -0.4 is 15.2 Å². The maximum Gasteiger partial charge on any atom is 0.217 e. The Balaban J connectivity index is 0.000000274. The van der Waals surface area contributed by atoms with Gasteiger partial charge in [0.2, 0.25) is 5.91 Å². The van der Waals surface area contributed by atoms with Crippen LogP contribution in [0.4, 0.5) is 0 Å². The molecule has 1 aromatic carbocycles. The summed E-state index contributed by atoms with van der Waals surface area (Å²) in [6.07, 6.45) is 10.0. The van der Waals surface area contributed by atoms with Crippen LogP contribution in [0.2, 0.25) is 0 Å². The van der Waals surface area contributed by atoms with Gasteiger partial charge in [0.05, 0.1) is 13.2 Å². The molecular weight excluding hydrogens is 380 g/mol. The highest BCUT2D eigenvalue weighted by atomic mass is 16.6. The number of primary amides is 1. The van der Waals surface area contributed by atoms with Crippen LogP contribution in [0.5, 0.6) is 11.5 Å². The Morgan fingerprint density at radius 3 is 2.40 bits per heavy atom. The lowest BCUT2D eigenvalue weighted by Crippen LogP contribution is -2.36. The first-order valence-electron chi connectivity index (χ1n) is 11.7. The molecule has 6 heteroatoms. The third kappa shape index (κ3) is 10.3. The molecule has 0 bridgehead atoms. The van der Waals surface area contributed by atoms with Crippen LogP contribution in [0.3, 0.4) is 0 Å². The Morgan fingerprint density at radius 1 is 0.933 bits per heavy atom. The Kier molecular flexibility index (Phi) is 12.3. The number of nitrogens with two attached hydrogens (primary N) is 1. The molecular formula is C24H40N2O4. The average Bonchev–Trinajstić information content (AvgIpc) is 2.77. The highest BCUT2D eigenvalue weighted by Gasteiger charge is 2.12. The number of nitrogens with zero attached hydrogens (tertiary/aromatic N) is 1. The molecule has 1 fully saturated rings. The fourth-order valence-corrected chi connectivity index (χ4v) is 3.64. The Labute approximate surface area is 182 Å². The van der Waals surface area contributed by atoms with Crippen LogP contribution in [0.15, 0.2) is 18.2 Å². The van der Waals surface area contributed by atoms with Crippen LogP contribution in [0, 0.1) is 0 Å². The zero-order valence-electron chi connectivity index (χ0n) is 18.7. The Hall–Kier alpha value is -1.79. The number of hydrogen-bond donors (Lipinski definition) is 1. The second kappa shape index (κ2) is 15.1. The van der Waals surface area contributed by atoms with Crippen molar-refractivity contribution >= 4 is 5.91 Å². The number of hydrogen-bond acceptors (Lipinski definition) is 5. The number of morpholine rings is 1. The molecule has 0 saturated carbocycles. The van der Waals surface area contributed by atoms with E-state index in [0.29, 0.717) is 19.6 Å². The SMILES string of the molecule is CCCCCCCC(N)=O.c1cc2c(cc1CCCCN1CCOCC1)OCCO2. The third-order valence-corrected chi connectivity index (χ3v) is 5.43. The molecule has 1 saturated heterocycles. The highest BCUT2D eigenvalue weighted by molar-refractivity contribution is 5.73. The van der Waals surface area contributed by atoms with Gasteiger partial charge in [0.15, 0.2) is 11.5 Å².